The van der Waals surface area contributed by atoms with Crippen molar-refractivity contribution in [2.45, 2.75) is 45.3 Å². The Bertz CT molecular complexity index is 362. The number of hydrogen-bond donors (Lipinski definition) is 1. The highest BCUT2D eigenvalue weighted by Gasteiger charge is 2.21. The molecule has 0 unspecified atom stereocenters. The standard InChI is InChI=1S/C13H23N3O3/c1-2-3-12-14-13(19-15-12)10-16-6-4-11(5-7-16)18-9-8-17/h11,17H,2-10H2,1H3. The van der Waals surface area contributed by atoms with E-state index in [1.165, 1.54) is 0 Å². The van der Waals surface area contributed by atoms with Crippen LogP contribution in [0.2, 0.25) is 0 Å². The quantitative estimate of drug-likeness (QED) is 0.796. The summed E-state index contributed by atoms with van der Waals surface area (Å²) >= 11 is 0. The Morgan fingerprint density at radius 3 is 2.89 bits per heavy atom. The van der Waals surface area contributed by atoms with Gasteiger partial charge in [0.25, 0.3) is 0 Å². The molecule has 0 radical (unpaired) electrons. The maximum Gasteiger partial charge on any atom is 0.240 e. The molecule has 1 aliphatic rings. The molecule has 0 bridgehead atoms. The van der Waals surface area contributed by atoms with Gasteiger partial charge in [0.15, 0.2) is 5.82 Å². The van der Waals surface area contributed by atoms with Crippen LogP contribution in [0.1, 0.15) is 37.9 Å². The van der Waals surface area contributed by atoms with Gasteiger partial charge < -0.3 is 14.4 Å². The Morgan fingerprint density at radius 1 is 1.42 bits per heavy atom. The fraction of sp³-hybridized carbons (Fsp3) is 0.846. The van der Waals surface area contributed by atoms with Crippen LogP contribution in [-0.2, 0) is 17.7 Å². The first-order valence-corrected chi connectivity index (χ1v) is 7.08. The van der Waals surface area contributed by atoms with Gasteiger partial charge in [-0.2, -0.15) is 4.98 Å². The van der Waals surface area contributed by atoms with Crippen LogP contribution in [0.4, 0.5) is 0 Å². The molecule has 0 aromatic carbocycles. The van der Waals surface area contributed by atoms with E-state index in [9.17, 15) is 0 Å². The number of nitrogens with zero attached hydrogens (tertiary/aromatic N) is 3. The Kier molecular flexibility index (Phi) is 5.75. The molecule has 0 atom stereocenters. The van der Waals surface area contributed by atoms with E-state index in [1.54, 1.807) is 0 Å². The number of piperidine rings is 1. The van der Waals surface area contributed by atoms with E-state index in [0.717, 1.165) is 51.1 Å². The third-order valence-electron chi connectivity index (χ3n) is 3.32. The molecule has 2 heterocycles. The molecule has 6 nitrogen and oxygen atoms in total. The van der Waals surface area contributed by atoms with Crippen molar-refractivity contribution < 1.29 is 14.4 Å². The van der Waals surface area contributed by atoms with Gasteiger partial charge in [-0.25, -0.2) is 0 Å². The predicted molar refractivity (Wildman–Crippen MR) is 69.6 cm³/mol. The largest absolute Gasteiger partial charge is 0.394 e. The summed E-state index contributed by atoms with van der Waals surface area (Å²) in [5.41, 5.74) is 0. The van der Waals surface area contributed by atoms with Crippen LogP contribution < -0.4 is 0 Å². The van der Waals surface area contributed by atoms with Gasteiger partial charge in [-0.05, 0) is 19.3 Å². The Labute approximate surface area is 113 Å². The minimum absolute atomic E-state index is 0.0996. The van der Waals surface area contributed by atoms with Crippen molar-refractivity contribution in [3.05, 3.63) is 11.7 Å². The van der Waals surface area contributed by atoms with Crippen molar-refractivity contribution in [1.82, 2.24) is 15.0 Å². The minimum atomic E-state index is 0.0996. The van der Waals surface area contributed by atoms with Crippen molar-refractivity contribution in [1.29, 1.82) is 0 Å². The molecule has 1 N–H and O–H groups in total. The van der Waals surface area contributed by atoms with Crippen molar-refractivity contribution in [3.63, 3.8) is 0 Å². The van der Waals surface area contributed by atoms with Crippen LogP contribution in [0.25, 0.3) is 0 Å². The molecule has 0 aliphatic carbocycles. The number of aliphatic hydroxyl groups is 1. The van der Waals surface area contributed by atoms with Crippen molar-refractivity contribution in [2.24, 2.45) is 0 Å². The lowest BCUT2D eigenvalue weighted by molar-refractivity contribution is -0.0104. The summed E-state index contributed by atoms with van der Waals surface area (Å²) < 4.78 is 10.8. The third kappa shape index (κ3) is 4.56. The third-order valence-corrected chi connectivity index (χ3v) is 3.32. The zero-order valence-corrected chi connectivity index (χ0v) is 11.5. The van der Waals surface area contributed by atoms with Gasteiger partial charge in [-0.1, -0.05) is 12.1 Å². The molecule has 2 rings (SSSR count). The van der Waals surface area contributed by atoms with Crippen molar-refractivity contribution in [3.8, 4) is 0 Å². The van der Waals surface area contributed by atoms with E-state index in [1.807, 2.05) is 0 Å². The molecule has 6 heteroatoms. The molecule has 19 heavy (non-hydrogen) atoms. The normalized spacial score (nSPS) is 18.0. The molecule has 1 aromatic heterocycles. The lowest BCUT2D eigenvalue weighted by Crippen LogP contribution is -2.37. The second kappa shape index (κ2) is 7.57. The predicted octanol–water partition coefficient (Wildman–Crippen LogP) is 0.995. The second-order valence-corrected chi connectivity index (χ2v) is 4.92. The average molecular weight is 269 g/mol. The molecule has 1 saturated heterocycles. The van der Waals surface area contributed by atoms with Crippen molar-refractivity contribution >= 4 is 0 Å². The Hall–Kier alpha value is -0.980. The van der Waals surface area contributed by atoms with Crippen LogP contribution >= 0.6 is 0 Å². The topological polar surface area (TPSA) is 71.6 Å². The molecule has 0 amide bonds. The van der Waals surface area contributed by atoms with Crippen LogP contribution in [0, 0.1) is 0 Å². The van der Waals surface area contributed by atoms with Crippen LogP contribution in [0.15, 0.2) is 4.52 Å². The monoisotopic (exact) mass is 269 g/mol. The van der Waals surface area contributed by atoms with E-state index in [-0.39, 0.29) is 12.7 Å². The summed E-state index contributed by atoms with van der Waals surface area (Å²) in [6.07, 6.45) is 4.18. The summed E-state index contributed by atoms with van der Waals surface area (Å²) in [7, 11) is 0. The van der Waals surface area contributed by atoms with Gasteiger partial charge in [0.1, 0.15) is 0 Å². The van der Waals surface area contributed by atoms with E-state index in [4.69, 9.17) is 14.4 Å². The molecule has 108 valence electrons. The maximum atomic E-state index is 8.73. The van der Waals surface area contributed by atoms with Gasteiger partial charge in [-0.15, -0.1) is 0 Å². The summed E-state index contributed by atoms with van der Waals surface area (Å²) in [6.45, 7) is 5.32. The number of hydrogen-bond acceptors (Lipinski definition) is 6. The fourth-order valence-corrected chi connectivity index (χ4v) is 2.32. The fourth-order valence-electron chi connectivity index (χ4n) is 2.32. The molecule has 1 aromatic rings. The summed E-state index contributed by atoms with van der Waals surface area (Å²) in [5.74, 6) is 1.51. The number of likely N-dealkylation sites (tertiary alicyclic amines) is 1. The van der Waals surface area contributed by atoms with E-state index < -0.39 is 0 Å². The number of rotatable bonds is 7. The highest BCUT2D eigenvalue weighted by molar-refractivity contribution is 4.87. The van der Waals surface area contributed by atoms with Gasteiger partial charge in [0.05, 0.1) is 25.9 Å². The zero-order chi connectivity index (χ0) is 13.5. The number of aromatic nitrogens is 2. The second-order valence-electron chi connectivity index (χ2n) is 4.92. The molecule has 1 fully saturated rings. The lowest BCUT2D eigenvalue weighted by Gasteiger charge is -2.30. The number of aliphatic hydroxyl groups excluding tert-OH is 1. The number of aryl methyl sites for hydroxylation is 1. The molecular formula is C13H23N3O3. The smallest absolute Gasteiger partial charge is 0.240 e. The van der Waals surface area contributed by atoms with Crippen LogP contribution in [-0.4, -0.2) is 52.6 Å². The molecular weight excluding hydrogens is 246 g/mol. The SMILES string of the molecule is CCCc1noc(CN2CCC(OCCO)CC2)n1. The van der Waals surface area contributed by atoms with Crippen molar-refractivity contribution in [2.75, 3.05) is 26.3 Å². The van der Waals surface area contributed by atoms with Gasteiger partial charge in [0.2, 0.25) is 5.89 Å². The zero-order valence-electron chi connectivity index (χ0n) is 11.5. The first-order valence-electron chi connectivity index (χ1n) is 7.08. The molecule has 0 saturated carbocycles. The average Bonchev–Trinajstić information content (AvgIpc) is 2.86. The van der Waals surface area contributed by atoms with Gasteiger partial charge >= 0.3 is 0 Å². The van der Waals surface area contributed by atoms with Gasteiger partial charge in [-0.3, -0.25) is 4.90 Å². The molecule has 0 spiro atoms. The first kappa shape index (κ1) is 14.4. The molecule has 1 aliphatic heterocycles. The Morgan fingerprint density at radius 2 is 2.21 bits per heavy atom. The lowest BCUT2D eigenvalue weighted by atomic mass is 10.1. The highest BCUT2D eigenvalue weighted by atomic mass is 16.5. The van der Waals surface area contributed by atoms with E-state index in [0.29, 0.717) is 12.5 Å². The summed E-state index contributed by atoms with van der Waals surface area (Å²) in [6, 6.07) is 0. The number of ether oxygens (including phenoxy) is 1. The highest BCUT2D eigenvalue weighted by Crippen LogP contribution is 2.15. The summed E-state index contributed by atoms with van der Waals surface area (Å²) in [4.78, 5) is 6.69. The van der Waals surface area contributed by atoms with Crippen LogP contribution in [0.3, 0.4) is 0 Å². The van der Waals surface area contributed by atoms with E-state index >= 15 is 0 Å². The Balaban J connectivity index is 1.72. The summed E-state index contributed by atoms with van der Waals surface area (Å²) in [5, 5.41) is 12.7. The van der Waals surface area contributed by atoms with Gasteiger partial charge in [0, 0.05) is 19.5 Å². The van der Waals surface area contributed by atoms with E-state index in [2.05, 4.69) is 22.0 Å². The van der Waals surface area contributed by atoms with Crippen LogP contribution in [0.5, 0.6) is 0 Å². The maximum absolute atomic E-state index is 8.73. The minimum Gasteiger partial charge on any atom is -0.394 e. The first-order chi connectivity index (χ1) is 9.31.